The number of hydrogen-bond donors (Lipinski definition) is 1. The Labute approximate surface area is 137 Å². The van der Waals surface area contributed by atoms with E-state index in [0.717, 1.165) is 44.6 Å². The maximum atomic E-state index is 12.4. The highest BCUT2D eigenvalue weighted by Gasteiger charge is 2.26. The lowest BCUT2D eigenvalue weighted by Crippen LogP contribution is -2.44. The number of likely N-dealkylation sites (tertiary alicyclic amines) is 1. The fourth-order valence-corrected chi connectivity index (χ4v) is 3.67. The summed E-state index contributed by atoms with van der Waals surface area (Å²) in [5.74, 6) is 0.887. The summed E-state index contributed by atoms with van der Waals surface area (Å²) in [6.45, 7) is 3.58. The van der Waals surface area contributed by atoms with E-state index in [4.69, 9.17) is 5.14 Å². The third kappa shape index (κ3) is 5.62. The van der Waals surface area contributed by atoms with Gasteiger partial charge in [-0.05, 0) is 39.0 Å². The van der Waals surface area contributed by atoms with E-state index in [1.54, 1.807) is 6.20 Å². The summed E-state index contributed by atoms with van der Waals surface area (Å²) in [5, 5.41) is 4.98. The van der Waals surface area contributed by atoms with Crippen molar-refractivity contribution in [1.82, 2.24) is 14.5 Å². The lowest BCUT2D eigenvalue weighted by Gasteiger charge is -2.36. The average Bonchev–Trinajstić information content (AvgIpc) is 2.89. The summed E-state index contributed by atoms with van der Waals surface area (Å²) in [6, 6.07) is 0.229. The molecule has 0 radical (unpaired) electrons. The second-order valence-electron chi connectivity index (χ2n) is 6.16. The molecule has 23 heavy (non-hydrogen) atoms. The number of nitrogens with zero attached hydrogens (tertiary/aromatic N) is 3. The first-order valence-electron chi connectivity index (χ1n) is 8.14. The van der Waals surface area contributed by atoms with Crippen LogP contribution in [0, 0.1) is 6.92 Å². The quantitative estimate of drug-likeness (QED) is 0.800. The van der Waals surface area contributed by atoms with E-state index in [0.29, 0.717) is 6.42 Å². The highest BCUT2D eigenvalue weighted by atomic mass is 32.2. The van der Waals surface area contributed by atoms with Crippen molar-refractivity contribution in [2.24, 2.45) is 5.14 Å². The first-order valence-corrected chi connectivity index (χ1v) is 9.86. The largest absolute Gasteiger partial charge is 0.340 e. The zero-order valence-corrected chi connectivity index (χ0v) is 14.5. The van der Waals surface area contributed by atoms with Gasteiger partial charge in [-0.15, -0.1) is 0 Å². The van der Waals surface area contributed by atoms with Crippen LogP contribution in [0.15, 0.2) is 12.4 Å². The molecule has 2 heterocycles. The molecule has 1 atom stereocenters. The van der Waals surface area contributed by atoms with Crippen LogP contribution in [0.25, 0.3) is 0 Å². The molecular weight excluding hydrogens is 316 g/mol. The Bertz CT molecular complexity index is 626. The molecular formula is C15H26N4O3S. The fraction of sp³-hybridized carbons (Fsp3) is 0.733. The first kappa shape index (κ1) is 17.9. The van der Waals surface area contributed by atoms with Crippen molar-refractivity contribution in [3.05, 3.63) is 18.2 Å². The van der Waals surface area contributed by atoms with Gasteiger partial charge >= 0.3 is 0 Å². The number of imidazole rings is 1. The van der Waals surface area contributed by atoms with E-state index in [2.05, 4.69) is 9.55 Å². The molecule has 1 aliphatic rings. The molecule has 0 saturated carbocycles. The number of primary sulfonamides is 1. The monoisotopic (exact) mass is 342 g/mol. The van der Waals surface area contributed by atoms with Crippen LogP contribution < -0.4 is 5.14 Å². The Balaban J connectivity index is 1.87. The molecule has 0 aromatic carbocycles. The first-order chi connectivity index (χ1) is 10.9. The third-order valence-electron chi connectivity index (χ3n) is 4.39. The summed E-state index contributed by atoms with van der Waals surface area (Å²) < 4.78 is 24.0. The summed E-state index contributed by atoms with van der Waals surface area (Å²) >= 11 is 0. The summed E-state index contributed by atoms with van der Waals surface area (Å²) in [6.07, 6.45) is 8.34. The minimum absolute atomic E-state index is 0.0423. The van der Waals surface area contributed by atoms with E-state index < -0.39 is 10.0 Å². The van der Waals surface area contributed by atoms with Gasteiger partial charge in [-0.3, -0.25) is 4.79 Å². The lowest BCUT2D eigenvalue weighted by molar-refractivity contribution is -0.135. The maximum absolute atomic E-state index is 12.4. The van der Waals surface area contributed by atoms with E-state index in [1.165, 1.54) is 0 Å². The second kappa shape index (κ2) is 7.92. The van der Waals surface area contributed by atoms with Gasteiger partial charge in [0.15, 0.2) is 0 Å². The molecule has 1 fully saturated rings. The van der Waals surface area contributed by atoms with E-state index in [1.807, 2.05) is 18.0 Å². The van der Waals surface area contributed by atoms with E-state index >= 15 is 0 Å². The van der Waals surface area contributed by atoms with Gasteiger partial charge < -0.3 is 9.47 Å². The molecule has 7 nitrogen and oxygen atoms in total. The number of piperidine rings is 1. The highest BCUT2D eigenvalue weighted by Crippen LogP contribution is 2.21. The van der Waals surface area contributed by atoms with Crippen molar-refractivity contribution in [2.45, 2.75) is 58.0 Å². The number of carbonyl (C=O) groups is 1. The van der Waals surface area contributed by atoms with Crippen LogP contribution in [0.5, 0.6) is 0 Å². The van der Waals surface area contributed by atoms with Gasteiger partial charge in [0, 0.05) is 37.9 Å². The molecule has 2 rings (SSSR count). The van der Waals surface area contributed by atoms with Crippen LogP contribution >= 0.6 is 0 Å². The molecule has 1 aliphatic heterocycles. The zero-order chi connectivity index (χ0) is 16.9. The minimum Gasteiger partial charge on any atom is -0.340 e. The SMILES string of the molecule is Cc1nccn1CC[C@H]1CCCCN1C(=O)CCCS(N)(=O)=O. The molecule has 8 heteroatoms. The van der Waals surface area contributed by atoms with Crippen molar-refractivity contribution >= 4 is 15.9 Å². The lowest BCUT2D eigenvalue weighted by atomic mass is 9.98. The zero-order valence-electron chi connectivity index (χ0n) is 13.6. The number of aromatic nitrogens is 2. The van der Waals surface area contributed by atoms with Crippen molar-refractivity contribution in [2.75, 3.05) is 12.3 Å². The molecule has 0 spiro atoms. The third-order valence-corrected chi connectivity index (χ3v) is 5.25. The fourth-order valence-electron chi connectivity index (χ4n) is 3.13. The number of sulfonamides is 1. The van der Waals surface area contributed by atoms with E-state index in [-0.39, 0.29) is 24.1 Å². The summed E-state index contributed by atoms with van der Waals surface area (Å²) in [7, 11) is -3.49. The van der Waals surface area contributed by atoms with Crippen molar-refractivity contribution in [1.29, 1.82) is 0 Å². The maximum Gasteiger partial charge on any atom is 0.222 e. The van der Waals surface area contributed by atoms with Crippen LogP contribution in [-0.4, -0.2) is 47.1 Å². The Morgan fingerprint density at radius 1 is 1.43 bits per heavy atom. The molecule has 1 aromatic rings. The molecule has 0 aliphatic carbocycles. The number of rotatable bonds is 7. The minimum atomic E-state index is -3.49. The number of carbonyl (C=O) groups excluding carboxylic acids is 1. The summed E-state index contributed by atoms with van der Waals surface area (Å²) in [4.78, 5) is 18.5. The number of amides is 1. The van der Waals surface area contributed by atoms with Crippen LogP contribution in [-0.2, 0) is 21.4 Å². The van der Waals surface area contributed by atoms with Gasteiger partial charge in [0.1, 0.15) is 5.82 Å². The van der Waals surface area contributed by atoms with Gasteiger partial charge in [-0.2, -0.15) is 0 Å². The predicted octanol–water partition coefficient (Wildman–Crippen LogP) is 1.03. The molecule has 130 valence electrons. The van der Waals surface area contributed by atoms with Gasteiger partial charge in [-0.25, -0.2) is 18.5 Å². The van der Waals surface area contributed by atoms with Crippen LogP contribution in [0.3, 0.4) is 0 Å². The predicted molar refractivity (Wildman–Crippen MR) is 88.1 cm³/mol. The van der Waals surface area contributed by atoms with Crippen molar-refractivity contribution in [3.63, 3.8) is 0 Å². The highest BCUT2D eigenvalue weighted by molar-refractivity contribution is 7.89. The summed E-state index contributed by atoms with van der Waals surface area (Å²) in [5.41, 5.74) is 0. The van der Waals surface area contributed by atoms with Gasteiger partial charge in [-0.1, -0.05) is 0 Å². The molecule has 1 saturated heterocycles. The molecule has 1 amide bonds. The standard InChI is InChI=1S/C15H26N4O3S/c1-13-17-8-11-18(13)10-7-14-5-2-3-9-19(14)15(20)6-4-12-23(16,21)22/h8,11,14H,2-7,9-10,12H2,1H3,(H2,16,21,22)/t14-/m1/s1. The molecule has 0 bridgehead atoms. The number of aryl methyl sites for hydroxylation is 2. The Morgan fingerprint density at radius 2 is 2.22 bits per heavy atom. The van der Waals surface area contributed by atoms with Crippen LogP contribution in [0.4, 0.5) is 0 Å². The van der Waals surface area contributed by atoms with Crippen molar-refractivity contribution in [3.8, 4) is 0 Å². The molecule has 2 N–H and O–H groups in total. The second-order valence-corrected chi connectivity index (χ2v) is 7.90. The molecule has 0 unspecified atom stereocenters. The van der Waals surface area contributed by atoms with E-state index in [9.17, 15) is 13.2 Å². The Hall–Kier alpha value is -1.41. The number of hydrogen-bond acceptors (Lipinski definition) is 4. The average molecular weight is 342 g/mol. The topological polar surface area (TPSA) is 98.3 Å². The Kier molecular flexibility index (Phi) is 6.17. The van der Waals surface area contributed by atoms with Gasteiger partial charge in [0.2, 0.25) is 15.9 Å². The van der Waals surface area contributed by atoms with Crippen molar-refractivity contribution < 1.29 is 13.2 Å². The normalized spacial score (nSPS) is 19.0. The van der Waals surface area contributed by atoms with Crippen LogP contribution in [0.2, 0.25) is 0 Å². The van der Waals surface area contributed by atoms with Crippen LogP contribution in [0.1, 0.15) is 44.3 Å². The molecule has 1 aromatic heterocycles. The van der Waals surface area contributed by atoms with Gasteiger partial charge in [0.05, 0.1) is 5.75 Å². The Morgan fingerprint density at radius 3 is 2.87 bits per heavy atom. The smallest absolute Gasteiger partial charge is 0.222 e. The van der Waals surface area contributed by atoms with Gasteiger partial charge in [0.25, 0.3) is 0 Å². The number of nitrogens with two attached hydrogens (primary N) is 1.